The molecule has 1 N–H and O–H groups in total. The Hall–Kier alpha value is -3.35. The maximum Gasteiger partial charge on any atom is 0.289 e. The van der Waals surface area contributed by atoms with Crippen LogP contribution in [0.2, 0.25) is 0 Å². The zero-order valence-corrected chi connectivity index (χ0v) is 17.0. The van der Waals surface area contributed by atoms with Crippen molar-refractivity contribution in [3.05, 3.63) is 65.2 Å². The van der Waals surface area contributed by atoms with Crippen LogP contribution in [0.3, 0.4) is 0 Å². The lowest BCUT2D eigenvalue weighted by molar-refractivity contribution is 0.0714. The Morgan fingerprint density at radius 1 is 1.03 bits per heavy atom. The monoisotopic (exact) mass is 391 g/mol. The number of carbonyl (C=O) groups excluding carboxylic acids is 1. The predicted octanol–water partition coefficient (Wildman–Crippen LogP) is 3.70. The average molecular weight is 391 g/mol. The molecule has 1 saturated heterocycles. The molecular formula is C22H25N5O2. The molecule has 0 bridgehead atoms. The lowest BCUT2D eigenvalue weighted by atomic mass is 10.1. The van der Waals surface area contributed by atoms with Crippen molar-refractivity contribution in [3.63, 3.8) is 0 Å². The van der Waals surface area contributed by atoms with Crippen LogP contribution in [-0.4, -0.2) is 47.0 Å². The van der Waals surface area contributed by atoms with Gasteiger partial charge in [-0.25, -0.2) is 4.98 Å². The van der Waals surface area contributed by atoms with Gasteiger partial charge in [-0.1, -0.05) is 17.7 Å². The summed E-state index contributed by atoms with van der Waals surface area (Å²) in [6.45, 7) is 8.80. The lowest BCUT2D eigenvalue weighted by Gasteiger charge is -2.35. The van der Waals surface area contributed by atoms with Crippen molar-refractivity contribution >= 4 is 23.4 Å². The average Bonchev–Trinajstić information content (AvgIpc) is 3.24. The number of amides is 1. The molecule has 0 atom stereocenters. The highest BCUT2D eigenvalue weighted by Crippen LogP contribution is 2.23. The van der Waals surface area contributed by atoms with Gasteiger partial charge in [0.05, 0.1) is 6.26 Å². The smallest absolute Gasteiger partial charge is 0.289 e. The number of piperazine rings is 1. The number of aryl methyl sites for hydroxylation is 3. The summed E-state index contributed by atoms with van der Waals surface area (Å²) >= 11 is 0. The van der Waals surface area contributed by atoms with Gasteiger partial charge in [-0.2, -0.15) is 4.98 Å². The first-order valence-corrected chi connectivity index (χ1v) is 9.77. The summed E-state index contributed by atoms with van der Waals surface area (Å²) in [4.78, 5) is 25.7. The molecule has 1 aliphatic rings. The van der Waals surface area contributed by atoms with E-state index in [0.717, 1.165) is 22.8 Å². The van der Waals surface area contributed by atoms with Crippen molar-refractivity contribution in [2.45, 2.75) is 20.8 Å². The Morgan fingerprint density at radius 2 is 1.83 bits per heavy atom. The largest absolute Gasteiger partial charge is 0.459 e. The number of nitrogens with one attached hydrogen (secondary N) is 1. The van der Waals surface area contributed by atoms with E-state index in [1.807, 2.05) is 17.9 Å². The highest BCUT2D eigenvalue weighted by molar-refractivity contribution is 5.91. The third-order valence-corrected chi connectivity index (χ3v) is 5.09. The van der Waals surface area contributed by atoms with Crippen LogP contribution in [0.4, 0.5) is 17.5 Å². The van der Waals surface area contributed by atoms with Crippen molar-refractivity contribution in [2.24, 2.45) is 0 Å². The molecule has 1 aromatic carbocycles. The Kier molecular flexibility index (Phi) is 5.20. The van der Waals surface area contributed by atoms with Crippen LogP contribution in [0, 0.1) is 20.8 Å². The molecule has 7 nitrogen and oxygen atoms in total. The van der Waals surface area contributed by atoms with Crippen LogP contribution in [-0.2, 0) is 0 Å². The topological polar surface area (TPSA) is 74.5 Å². The van der Waals surface area contributed by atoms with Gasteiger partial charge in [0.25, 0.3) is 5.91 Å². The molecule has 0 unspecified atom stereocenters. The fraction of sp³-hybridized carbons (Fsp3) is 0.318. The van der Waals surface area contributed by atoms with Crippen molar-refractivity contribution in [1.82, 2.24) is 14.9 Å². The summed E-state index contributed by atoms with van der Waals surface area (Å²) in [6.07, 6.45) is 1.53. The SMILES string of the molecule is Cc1ccc(Nc2nc(C)cc(N3CCN(C(=O)c4ccco4)CC3)n2)c(C)c1. The Labute approximate surface area is 170 Å². The molecular weight excluding hydrogens is 366 g/mol. The minimum Gasteiger partial charge on any atom is -0.459 e. The first kappa shape index (κ1) is 19.0. The zero-order chi connectivity index (χ0) is 20.4. The molecule has 0 spiro atoms. The third-order valence-electron chi connectivity index (χ3n) is 5.09. The number of anilines is 3. The van der Waals surface area contributed by atoms with E-state index in [-0.39, 0.29) is 5.91 Å². The van der Waals surface area contributed by atoms with Gasteiger partial charge in [0.15, 0.2) is 5.76 Å². The van der Waals surface area contributed by atoms with E-state index in [1.54, 1.807) is 12.1 Å². The van der Waals surface area contributed by atoms with Crippen LogP contribution in [0.25, 0.3) is 0 Å². The molecule has 0 radical (unpaired) electrons. The van der Waals surface area contributed by atoms with Crippen LogP contribution in [0.15, 0.2) is 47.1 Å². The first-order chi connectivity index (χ1) is 14.0. The Balaban J connectivity index is 1.46. The summed E-state index contributed by atoms with van der Waals surface area (Å²) in [7, 11) is 0. The van der Waals surface area contributed by atoms with Crippen molar-refractivity contribution in [3.8, 4) is 0 Å². The minimum absolute atomic E-state index is 0.0641. The minimum atomic E-state index is -0.0641. The number of hydrogen-bond donors (Lipinski definition) is 1. The maximum absolute atomic E-state index is 12.4. The molecule has 7 heteroatoms. The second-order valence-corrected chi connectivity index (χ2v) is 7.39. The molecule has 29 heavy (non-hydrogen) atoms. The van der Waals surface area contributed by atoms with Gasteiger partial charge < -0.3 is 19.5 Å². The van der Waals surface area contributed by atoms with E-state index < -0.39 is 0 Å². The van der Waals surface area contributed by atoms with Gasteiger partial charge in [-0.15, -0.1) is 0 Å². The second-order valence-electron chi connectivity index (χ2n) is 7.39. The molecule has 1 fully saturated rings. The quantitative estimate of drug-likeness (QED) is 0.731. The molecule has 1 amide bonds. The van der Waals surface area contributed by atoms with Crippen LogP contribution in [0.5, 0.6) is 0 Å². The van der Waals surface area contributed by atoms with E-state index in [2.05, 4.69) is 47.2 Å². The number of benzene rings is 1. The number of rotatable bonds is 4. The van der Waals surface area contributed by atoms with Crippen LogP contribution in [0.1, 0.15) is 27.4 Å². The van der Waals surface area contributed by atoms with E-state index in [0.29, 0.717) is 37.9 Å². The number of aromatic nitrogens is 2. The molecule has 150 valence electrons. The Bertz CT molecular complexity index is 1010. The fourth-order valence-corrected chi connectivity index (χ4v) is 3.54. The highest BCUT2D eigenvalue weighted by atomic mass is 16.3. The van der Waals surface area contributed by atoms with Crippen molar-refractivity contribution in [1.29, 1.82) is 0 Å². The summed E-state index contributed by atoms with van der Waals surface area (Å²) in [5.74, 6) is 1.78. The van der Waals surface area contributed by atoms with Gasteiger partial charge in [-0.05, 0) is 44.5 Å². The summed E-state index contributed by atoms with van der Waals surface area (Å²) in [5.41, 5.74) is 4.28. The molecule has 0 saturated carbocycles. The molecule has 3 heterocycles. The third kappa shape index (κ3) is 4.23. The number of nitrogens with zero attached hydrogens (tertiary/aromatic N) is 4. The van der Waals surface area contributed by atoms with Gasteiger partial charge >= 0.3 is 0 Å². The summed E-state index contributed by atoms with van der Waals surface area (Å²) in [5, 5.41) is 3.34. The predicted molar refractivity (Wildman–Crippen MR) is 113 cm³/mol. The molecule has 0 aliphatic carbocycles. The molecule has 4 rings (SSSR count). The van der Waals surface area contributed by atoms with Crippen molar-refractivity contribution < 1.29 is 9.21 Å². The number of furan rings is 1. The maximum atomic E-state index is 12.4. The first-order valence-electron chi connectivity index (χ1n) is 9.77. The van der Waals surface area contributed by atoms with Crippen molar-refractivity contribution in [2.75, 3.05) is 36.4 Å². The normalized spacial score (nSPS) is 14.2. The van der Waals surface area contributed by atoms with Gasteiger partial charge in [0, 0.05) is 43.6 Å². The van der Waals surface area contributed by atoms with Crippen LogP contribution >= 0.6 is 0 Å². The zero-order valence-electron chi connectivity index (χ0n) is 17.0. The van der Waals surface area contributed by atoms with E-state index in [1.165, 1.54) is 11.8 Å². The van der Waals surface area contributed by atoms with E-state index in [4.69, 9.17) is 9.40 Å². The summed E-state index contributed by atoms with van der Waals surface area (Å²) < 4.78 is 5.23. The second kappa shape index (κ2) is 7.95. The number of hydrogen-bond acceptors (Lipinski definition) is 6. The van der Waals surface area contributed by atoms with E-state index in [9.17, 15) is 4.79 Å². The van der Waals surface area contributed by atoms with Gasteiger partial charge in [0.2, 0.25) is 5.95 Å². The standard InChI is InChI=1S/C22H25N5O2/c1-15-6-7-18(16(2)13-15)24-22-23-17(3)14-20(25-22)26-8-10-27(11-9-26)21(28)19-5-4-12-29-19/h4-7,12-14H,8-11H2,1-3H3,(H,23,24,25). The molecule has 1 aliphatic heterocycles. The highest BCUT2D eigenvalue weighted by Gasteiger charge is 2.24. The Morgan fingerprint density at radius 3 is 2.52 bits per heavy atom. The lowest BCUT2D eigenvalue weighted by Crippen LogP contribution is -2.49. The van der Waals surface area contributed by atoms with Gasteiger partial charge in [-0.3, -0.25) is 4.79 Å². The number of carbonyl (C=O) groups is 1. The molecule has 2 aromatic heterocycles. The van der Waals surface area contributed by atoms with Gasteiger partial charge in [0.1, 0.15) is 5.82 Å². The molecule has 3 aromatic rings. The van der Waals surface area contributed by atoms with Crippen LogP contribution < -0.4 is 10.2 Å². The fourth-order valence-electron chi connectivity index (χ4n) is 3.54. The van der Waals surface area contributed by atoms with E-state index >= 15 is 0 Å². The summed E-state index contributed by atoms with van der Waals surface area (Å²) in [6, 6.07) is 11.7.